The van der Waals surface area contributed by atoms with Crippen LogP contribution < -0.4 is 51.4 Å². The van der Waals surface area contributed by atoms with Gasteiger partial charge in [-0.25, -0.2) is 0 Å². The van der Waals surface area contributed by atoms with Gasteiger partial charge in [0.2, 0.25) is 0 Å². The molecule has 1 rings (SSSR count). The Hall–Kier alpha value is 1.56. The summed E-state index contributed by atoms with van der Waals surface area (Å²) in [5.74, 6) is 0.877. The van der Waals surface area contributed by atoms with Crippen molar-refractivity contribution in [2.45, 2.75) is 25.8 Å². The van der Waals surface area contributed by atoms with Gasteiger partial charge in [0, 0.05) is 6.04 Å². The van der Waals surface area contributed by atoms with Gasteiger partial charge in [0.25, 0.3) is 0 Å². The summed E-state index contributed by atoms with van der Waals surface area (Å²) >= 11 is 0. The molecule has 1 aliphatic rings. The maximum absolute atomic E-state index is 4.35. The van der Waals surface area contributed by atoms with Crippen molar-refractivity contribution >= 4 is 0 Å². The van der Waals surface area contributed by atoms with Crippen LogP contribution in [0.2, 0.25) is 0 Å². The second-order valence-corrected chi connectivity index (χ2v) is 3.71. The van der Waals surface area contributed by atoms with Gasteiger partial charge < -0.3 is 10.2 Å². The fourth-order valence-electron chi connectivity index (χ4n) is 1.67. The first kappa shape index (κ1) is 13.6. The Kier molecular flexibility index (Phi) is 7.83. The average Bonchev–Trinajstić information content (AvgIpc) is 2.05. The predicted molar refractivity (Wildman–Crippen MR) is 49.0 cm³/mol. The topological polar surface area (TPSA) is 17.3 Å². The first-order chi connectivity index (χ1) is 5.22. The van der Waals surface area contributed by atoms with Crippen LogP contribution in [0.25, 0.3) is 5.32 Å². The molecule has 0 amide bonds. The fourth-order valence-corrected chi connectivity index (χ4v) is 1.67. The van der Waals surface area contributed by atoms with Crippen molar-refractivity contribution in [1.82, 2.24) is 4.90 Å². The van der Waals surface area contributed by atoms with Gasteiger partial charge >= 0.3 is 51.4 Å². The van der Waals surface area contributed by atoms with Crippen LogP contribution in [0.5, 0.6) is 0 Å². The second kappa shape index (κ2) is 6.93. The molecule has 1 heterocycles. The molecule has 0 aromatic rings. The minimum Gasteiger partial charge on any atom is -0.662 e. The SMILES string of the molecule is CC(C1CC[N-]CC1)N(C)C.[K+]. The molecule has 0 aliphatic carbocycles. The zero-order valence-corrected chi connectivity index (χ0v) is 12.0. The molecule has 1 atom stereocenters. The van der Waals surface area contributed by atoms with Gasteiger partial charge in [0.1, 0.15) is 0 Å². The molecule has 1 unspecified atom stereocenters. The summed E-state index contributed by atoms with van der Waals surface area (Å²) in [6, 6.07) is 0.727. The summed E-state index contributed by atoms with van der Waals surface area (Å²) in [4.78, 5) is 2.32. The van der Waals surface area contributed by atoms with Crippen LogP contribution in [-0.4, -0.2) is 38.1 Å². The fraction of sp³-hybridized carbons (Fsp3) is 1.00. The molecule has 3 heteroatoms. The monoisotopic (exact) mass is 194 g/mol. The minimum atomic E-state index is 0. The molecule has 1 saturated heterocycles. The summed E-state index contributed by atoms with van der Waals surface area (Å²) in [5, 5.41) is 4.35. The first-order valence-electron chi connectivity index (χ1n) is 4.51. The van der Waals surface area contributed by atoms with Gasteiger partial charge in [0.15, 0.2) is 0 Å². The van der Waals surface area contributed by atoms with Crippen molar-refractivity contribution < 1.29 is 51.4 Å². The number of rotatable bonds is 2. The van der Waals surface area contributed by atoms with E-state index in [0.717, 1.165) is 25.0 Å². The van der Waals surface area contributed by atoms with Gasteiger partial charge in [-0.2, -0.15) is 0 Å². The third-order valence-corrected chi connectivity index (χ3v) is 2.81. The maximum atomic E-state index is 4.35. The summed E-state index contributed by atoms with van der Waals surface area (Å²) in [5.41, 5.74) is 0. The van der Waals surface area contributed by atoms with Crippen LogP contribution in [0, 0.1) is 5.92 Å². The normalized spacial score (nSPS) is 22.0. The summed E-state index contributed by atoms with van der Waals surface area (Å²) in [6.07, 6.45) is 2.58. The molecule has 12 heavy (non-hydrogen) atoms. The molecule has 0 spiro atoms. The Balaban J connectivity index is 0.00000121. The van der Waals surface area contributed by atoms with Gasteiger partial charge in [-0.05, 0) is 26.9 Å². The third-order valence-electron chi connectivity index (χ3n) is 2.81. The largest absolute Gasteiger partial charge is 1.00 e. The van der Waals surface area contributed by atoms with E-state index in [1.165, 1.54) is 12.8 Å². The Bertz CT molecular complexity index is 111. The van der Waals surface area contributed by atoms with Crippen molar-refractivity contribution in [3.63, 3.8) is 0 Å². The zero-order chi connectivity index (χ0) is 8.27. The van der Waals surface area contributed by atoms with Crippen molar-refractivity contribution in [3.8, 4) is 0 Å². The van der Waals surface area contributed by atoms with E-state index >= 15 is 0 Å². The Morgan fingerprint density at radius 3 is 2.17 bits per heavy atom. The van der Waals surface area contributed by atoms with Crippen LogP contribution in [-0.2, 0) is 0 Å². The Labute approximate surface area is 119 Å². The second-order valence-electron chi connectivity index (χ2n) is 3.71. The van der Waals surface area contributed by atoms with Gasteiger partial charge in [-0.15, -0.1) is 13.1 Å². The van der Waals surface area contributed by atoms with Crippen LogP contribution >= 0.6 is 0 Å². The van der Waals surface area contributed by atoms with Crippen LogP contribution in [0.15, 0.2) is 0 Å². The molecule has 0 aromatic heterocycles. The summed E-state index contributed by atoms with van der Waals surface area (Å²) < 4.78 is 0. The predicted octanol–water partition coefficient (Wildman–Crippen LogP) is -1.28. The Morgan fingerprint density at radius 2 is 1.75 bits per heavy atom. The standard InChI is InChI=1S/C9H19N2.K/c1-8(11(2)3)9-4-6-10-7-5-9;/h8-9H,4-7H2,1-3H3;/q-1;+1. The van der Waals surface area contributed by atoms with E-state index < -0.39 is 0 Å². The number of piperidine rings is 1. The van der Waals surface area contributed by atoms with Crippen LogP contribution in [0.4, 0.5) is 0 Å². The van der Waals surface area contributed by atoms with Crippen molar-refractivity contribution in [3.05, 3.63) is 5.32 Å². The molecule has 0 radical (unpaired) electrons. The quantitative estimate of drug-likeness (QED) is 0.501. The van der Waals surface area contributed by atoms with Crippen molar-refractivity contribution in [2.75, 3.05) is 27.2 Å². The van der Waals surface area contributed by atoms with E-state index in [1.54, 1.807) is 0 Å². The smallest absolute Gasteiger partial charge is 0.662 e. The summed E-state index contributed by atoms with van der Waals surface area (Å²) in [6.45, 7) is 4.49. The van der Waals surface area contributed by atoms with Crippen LogP contribution in [0.3, 0.4) is 0 Å². The summed E-state index contributed by atoms with van der Waals surface area (Å²) in [7, 11) is 4.33. The minimum absolute atomic E-state index is 0. The zero-order valence-electron chi connectivity index (χ0n) is 8.88. The number of hydrogen-bond donors (Lipinski definition) is 0. The van der Waals surface area contributed by atoms with Crippen molar-refractivity contribution in [1.29, 1.82) is 0 Å². The average molecular weight is 194 g/mol. The van der Waals surface area contributed by atoms with E-state index in [-0.39, 0.29) is 51.4 Å². The van der Waals surface area contributed by atoms with Crippen LogP contribution in [0.1, 0.15) is 19.8 Å². The molecule has 0 N–H and O–H groups in total. The molecule has 0 saturated carbocycles. The van der Waals surface area contributed by atoms with E-state index in [9.17, 15) is 0 Å². The first-order valence-corrected chi connectivity index (χ1v) is 4.51. The molecular weight excluding hydrogens is 175 g/mol. The number of nitrogens with zero attached hydrogens (tertiary/aromatic N) is 2. The van der Waals surface area contributed by atoms with E-state index in [2.05, 4.69) is 31.2 Å². The number of hydrogen-bond acceptors (Lipinski definition) is 1. The van der Waals surface area contributed by atoms with Gasteiger partial charge in [0.05, 0.1) is 0 Å². The third kappa shape index (κ3) is 4.18. The molecular formula is C9H19KN2. The van der Waals surface area contributed by atoms with E-state index in [1.807, 2.05) is 0 Å². The molecule has 0 bridgehead atoms. The molecule has 1 aliphatic heterocycles. The Morgan fingerprint density at radius 1 is 1.25 bits per heavy atom. The maximum Gasteiger partial charge on any atom is 1.00 e. The molecule has 0 aromatic carbocycles. The molecule has 66 valence electrons. The van der Waals surface area contributed by atoms with Gasteiger partial charge in [-0.3, -0.25) is 0 Å². The van der Waals surface area contributed by atoms with Gasteiger partial charge in [-0.1, -0.05) is 12.8 Å². The van der Waals surface area contributed by atoms with E-state index in [0.29, 0.717) is 0 Å². The van der Waals surface area contributed by atoms with Crippen molar-refractivity contribution in [2.24, 2.45) is 5.92 Å². The molecule has 2 nitrogen and oxygen atoms in total. The molecule has 1 fully saturated rings. The van der Waals surface area contributed by atoms with E-state index in [4.69, 9.17) is 0 Å².